The third-order valence-electron chi connectivity index (χ3n) is 3.86. The molecule has 0 aromatic carbocycles. The average Bonchev–Trinajstić information content (AvgIpc) is 2.90. The molecule has 0 aromatic rings. The zero-order valence-electron chi connectivity index (χ0n) is 9.54. The molecule has 0 spiro atoms. The molecule has 0 amide bonds. The Balaban J connectivity index is 2.08. The number of aliphatic carboxylic acids is 1. The van der Waals surface area contributed by atoms with Crippen LogP contribution < -0.4 is 0 Å². The van der Waals surface area contributed by atoms with Crippen LogP contribution in [-0.4, -0.2) is 34.6 Å². The van der Waals surface area contributed by atoms with Gasteiger partial charge >= 0.3 is 5.97 Å². The number of hydrogen-bond acceptors (Lipinski definition) is 2. The van der Waals surface area contributed by atoms with Crippen LogP contribution in [0.3, 0.4) is 0 Å². The van der Waals surface area contributed by atoms with E-state index >= 15 is 0 Å². The molecule has 1 unspecified atom stereocenters. The SMILES string of the molecule is CCCC1(C(=O)O)CCCN1CC1CC1. The standard InChI is InChI=1S/C12H21NO2/c1-2-6-12(11(14)15)7-3-8-13(12)9-10-4-5-10/h10H,2-9H2,1H3,(H,14,15). The van der Waals surface area contributed by atoms with Gasteiger partial charge in [-0.05, 0) is 44.6 Å². The van der Waals surface area contributed by atoms with E-state index in [0.717, 1.165) is 44.7 Å². The Morgan fingerprint density at radius 2 is 2.27 bits per heavy atom. The van der Waals surface area contributed by atoms with E-state index in [2.05, 4.69) is 11.8 Å². The van der Waals surface area contributed by atoms with E-state index < -0.39 is 11.5 Å². The quantitative estimate of drug-likeness (QED) is 0.757. The molecule has 15 heavy (non-hydrogen) atoms. The van der Waals surface area contributed by atoms with Gasteiger partial charge in [0.1, 0.15) is 5.54 Å². The molecule has 1 aliphatic carbocycles. The second kappa shape index (κ2) is 4.12. The first-order chi connectivity index (χ1) is 7.19. The summed E-state index contributed by atoms with van der Waals surface area (Å²) in [6.07, 6.45) is 6.29. The molecule has 2 rings (SSSR count). The van der Waals surface area contributed by atoms with Gasteiger partial charge in [0.15, 0.2) is 0 Å². The first-order valence-electron chi connectivity index (χ1n) is 6.17. The highest BCUT2D eigenvalue weighted by atomic mass is 16.4. The molecule has 3 heteroatoms. The second-order valence-corrected chi connectivity index (χ2v) is 5.08. The number of carboxylic acid groups (broad SMARTS) is 1. The first kappa shape index (κ1) is 10.9. The summed E-state index contributed by atoms with van der Waals surface area (Å²) in [5, 5.41) is 9.46. The molecule has 1 heterocycles. The van der Waals surface area contributed by atoms with Gasteiger partial charge in [-0.1, -0.05) is 13.3 Å². The van der Waals surface area contributed by atoms with Crippen LogP contribution in [0.2, 0.25) is 0 Å². The van der Waals surface area contributed by atoms with Crippen LogP contribution >= 0.6 is 0 Å². The molecule has 2 aliphatic rings. The van der Waals surface area contributed by atoms with Crippen molar-refractivity contribution in [3.8, 4) is 0 Å². The van der Waals surface area contributed by atoms with Crippen molar-refractivity contribution in [3.05, 3.63) is 0 Å². The molecule has 0 bridgehead atoms. The number of likely N-dealkylation sites (tertiary alicyclic amines) is 1. The molecule has 1 N–H and O–H groups in total. The molecule has 1 atom stereocenters. The molecule has 0 aromatic heterocycles. The van der Waals surface area contributed by atoms with Crippen LogP contribution in [0.4, 0.5) is 0 Å². The third kappa shape index (κ3) is 2.03. The maximum absolute atomic E-state index is 11.5. The molecular weight excluding hydrogens is 190 g/mol. The van der Waals surface area contributed by atoms with Gasteiger partial charge < -0.3 is 5.11 Å². The van der Waals surface area contributed by atoms with Gasteiger partial charge in [0.2, 0.25) is 0 Å². The maximum Gasteiger partial charge on any atom is 0.324 e. The lowest BCUT2D eigenvalue weighted by Crippen LogP contribution is -2.51. The van der Waals surface area contributed by atoms with Crippen LogP contribution in [0, 0.1) is 5.92 Å². The Morgan fingerprint density at radius 1 is 1.53 bits per heavy atom. The Bertz CT molecular complexity index is 250. The van der Waals surface area contributed by atoms with Gasteiger partial charge in [0.05, 0.1) is 0 Å². The summed E-state index contributed by atoms with van der Waals surface area (Å²) in [6.45, 7) is 4.09. The van der Waals surface area contributed by atoms with Crippen LogP contribution in [0.25, 0.3) is 0 Å². The Hall–Kier alpha value is -0.570. The number of hydrogen-bond donors (Lipinski definition) is 1. The molecule has 86 valence electrons. The minimum absolute atomic E-state index is 0.517. The van der Waals surface area contributed by atoms with Gasteiger partial charge in [-0.3, -0.25) is 9.69 Å². The summed E-state index contributed by atoms with van der Waals surface area (Å²) < 4.78 is 0. The first-order valence-corrected chi connectivity index (χ1v) is 6.17. The van der Waals surface area contributed by atoms with E-state index in [1.165, 1.54) is 12.8 Å². The lowest BCUT2D eigenvalue weighted by molar-refractivity contribution is -0.150. The Kier molecular flexibility index (Phi) is 3.01. The van der Waals surface area contributed by atoms with Crippen LogP contribution in [-0.2, 0) is 4.79 Å². The van der Waals surface area contributed by atoms with E-state index in [-0.39, 0.29) is 0 Å². The minimum atomic E-state index is -0.595. The molecule has 0 radical (unpaired) electrons. The monoisotopic (exact) mass is 211 g/mol. The normalized spacial score (nSPS) is 32.1. The molecule has 1 saturated heterocycles. The zero-order chi connectivity index (χ0) is 10.9. The number of nitrogens with zero attached hydrogens (tertiary/aromatic N) is 1. The van der Waals surface area contributed by atoms with Crippen molar-refractivity contribution in [1.29, 1.82) is 0 Å². The Labute approximate surface area is 91.5 Å². The summed E-state index contributed by atoms with van der Waals surface area (Å²) in [4.78, 5) is 13.7. The predicted octanol–water partition coefficient (Wildman–Crippen LogP) is 2.12. The van der Waals surface area contributed by atoms with E-state index in [4.69, 9.17) is 0 Å². The molecule has 3 nitrogen and oxygen atoms in total. The largest absolute Gasteiger partial charge is 0.480 e. The van der Waals surface area contributed by atoms with Crippen LogP contribution in [0.15, 0.2) is 0 Å². The maximum atomic E-state index is 11.5. The van der Waals surface area contributed by atoms with Gasteiger partial charge in [-0.15, -0.1) is 0 Å². The van der Waals surface area contributed by atoms with Crippen molar-refractivity contribution in [2.75, 3.05) is 13.1 Å². The lowest BCUT2D eigenvalue weighted by atomic mass is 9.90. The van der Waals surface area contributed by atoms with Gasteiger partial charge in [-0.25, -0.2) is 0 Å². The molecule has 1 saturated carbocycles. The fourth-order valence-electron chi connectivity index (χ4n) is 2.86. The second-order valence-electron chi connectivity index (χ2n) is 5.08. The third-order valence-corrected chi connectivity index (χ3v) is 3.86. The highest BCUT2D eigenvalue weighted by Gasteiger charge is 2.47. The number of carboxylic acids is 1. The van der Waals surface area contributed by atoms with Crippen molar-refractivity contribution in [2.24, 2.45) is 5.92 Å². The number of carbonyl (C=O) groups is 1. The average molecular weight is 211 g/mol. The molecular formula is C12H21NO2. The topological polar surface area (TPSA) is 40.5 Å². The Morgan fingerprint density at radius 3 is 2.80 bits per heavy atom. The predicted molar refractivity (Wildman–Crippen MR) is 58.8 cm³/mol. The summed E-state index contributed by atoms with van der Waals surface area (Å²) in [7, 11) is 0. The zero-order valence-corrected chi connectivity index (χ0v) is 9.54. The fourth-order valence-corrected chi connectivity index (χ4v) is 2.86. The van der Waals surface area contributed by atoms with Gasteiger partial charge in [-0.2, -0.15) is 0 Å². The van der Waals surface area contributed by atoms with Crippen molar-refractivity contribution in [2.45, 2.75) is 51.0 Å². The van der Waals surface area contributed by atoms with Crippen molar-refractivity contribution in [1.82, 2.24) is 4.90 Å². The highest BCUT2D eigenvalue weighted by Crippen LogP contribution is 2.38. The van der Waals surface area contributed by atoms with Crippen molar-refractivity contribution < 1.29 is 9.90 Å². The van der Waals surface area contributed by atoms with Gasteiger partial charge in [0, 0.05) is 6.54 Å². The van der Waals surface area contributed by atoms with Crippen molar-refractivity contribution >= 4 is 5.97 Å². The summed E-state index contributed by atoms with van der Waals surface area (Å²) in [6, 6.07) is 0. The molecule has 1 aliphatic heterocycles. The molecule has 2 fully saturated rings. The summed E-state index contributed by atoms with van der Waals surface area (Å²) in [5.41, 5.74) is -0.517. The summed E-state index contributed by atoms with van der Waals surface area (Å²) >= 11 is 0. The van der Waals surface area contributed by atoms with E-state index in [1.54, 1.807) is 0 Å². The van der Waals surface area contributed by atoms with E-state index in [9.17, 15) is 9.90 Å². The van der Waals surface area contributed by atoms with Crippen LogP contribution in [0.1, 0.15) is 45.4 Å². The van der Waals surface area contributed by atoms with E-state index in [0.29, 0.717) is 0 Å². The highest BCUT2D eigenvalue weighted by molar-refractivity contribution is 5.79. The van der Waals surface area contributed by atoms with Gasteiger partial charge in [0.25, 0.3) is 0 Å². The number of rotatable bonds is 5. The summed E-state index contributed by atoms with van der Waals surface area (Å²) in [5.74, 6) is 0.196. The smallest absolute Gasteiger partial charge is 0.324 e. The van der Waals surface area contributed by atoms with Crippen LogP contribution in [0.5, 0.6) is 0 Å². The fraction of sp³-hybridized carbons (Fsp3) is 0.917. The van der Waals surface area contributed by atoms with E-state index in [1.807, 2.05) is 0 Å². The lowest BCUT2D eigenvalue weighted by Gasteiger charge is -2.34. The van der Waals surface area contributed by atoms with Crippen molar-refractivity contribution in [3.63, 3.8) is 0 Å². The minimum Gasteiger partial charge on any atom is -0.480 e.